The molecule has 6 rings (SSSR count). The SMILES string of the molecule is CC1C(Nc2cc(-c3ccnc(N4CCn5c(cc6c5CC(C)(C)C6)C4=O)c3CO)cn(C)c2=O)N=NN1C. The molecule has 2 atom stereocenters. The molecule has 39 heavy (non-hydrogen) atoms. The molecule has 2 N–H and O–H groups in total. The van der Waals surface area contributed by atoms with Gasteiger partial charge in [0.2, 0.25) is 0 Å². The van der Waals surface area contributed by atoms with Gasteiger partial charge in [0, 0.05) is 56.4 Å². The molecule has 2 unspecified atom stereocenters. The summed E-state index contributed by atoms with van der Waals surface area (Å²) in [5.41, 5.74) is 5.56. The number of hydrogen-bond acceptors (Lipinski definition) is 8. The Labute approximate surface area is 226 Å². The first kappa shape index (κ1) is 25.3. The third-order valence-electron chi connectivity index (χ3n) is 8.23. The number of nitrogens with one attached hydrogen (secondary N) is 1. The predicted molar refractivity (Wildman–Crippen MR) is 148 cm³/mol. The minimum Gasteiger partial charge on any atom is -0.392 e. The average molecular weight is 531 g/mol. The van der Waals surface area contributed by atoms with E-state index in [1.54, 1.807) is 41.5 Å². The number of amides is 1. The van der Waals surface area contributed by atoms with Gasteiger partial charge in [0.25, 0.3) is 11.5 Å². The van der Waals surface area contributed by atoms with Crippen molar-refractivity contribution in [2.24, 2.45) is 22.8 Å². The Morgan fingerprint density at radius 3 is 2.67 bits per heavy atom. The molecule has 0 saturated carbocycles. The van der Waals surface area contributed by atoms with Gasteiger partial charge in [0.15, 0.2) is 6.17 Å². The van der Waals surface area contributed by atoms with Gasteiger partial charge in [-0.05, 0) is 54.5 Å². The van der Waals surface area contributed by atoms with Crippen LogP contribution in [0.2, 0.25) is 0 Å². The van der Waals surface area contributed by atoms with Crippen LogP contribution in [0.4, 0.5) is 11.5 Å². The van der Waals surface area contributed by atoms with E-state index in [0.717, 1.165) is 18.4 Å². The zero-order chi connectivity index (χ0) is 27.6. The number of likely N-dealkylation sites (N-methyl/N-ethyl adjacent to an activating group) is 1. The van der Waals surface area contributed by atoms with E-state index >= 15 is 0 Å². The van der Waals surface area contributed by atoms with E-state index in [9.17, 15) is 14.7 Å². The fourth-order valence-electron chi connectivity index (χ4n) is 6.04. The summed E-state index contributed by atoms with van der Waals surface area (Å²) in [6.07, 6.45) is 4.94. The highest BCUT2D eigenvalue weighted by Crippen LogP contribution is 2.40. The molecule has 3 aromatic rings. The summed E-state index contributed by atoms with van der Waals surface area (Å²) < 4.78 is 3.66. The van der Waals surface area contributed by atoms with Crippen LogP contribution in [-0.4, -0.2) is 55.9 Å². The molecular formula is C28H34N8O3. The Morgan fingerprint density at radius 2 is 1.95 bits per heavy atom. The smallest absolute Gasteiger partial charge is 0.276 e. The number of nitrogens with zero attached hydrogens (tertiary/aromatic N) is 7. The fraction of sp³-hybridized carbons (Fsp3) is 0.464. The number of aliphatic hydroxyl groups is 1. The van der Waals surface area contributed by atoms with Crippen molar-refractivity contribution >= 4 is 17.4 Å². The third kappa shape index (κ3) is 4.12. The van der Waals surface area contributed by atoms with Gasteiger partial charge in [-0.25, -0.2) is 4.98 Å². The van der Waals surface area contributed by atoms with E-state index in [1.807, 2.05) is 20.0 Å². The number of carbonyl (C=O) groups excluding carboxylic acids is 1. The Bertz CT molecular complexity index is 1570. The van der Waals surface area contributed by atoms with Crippen molar-refractivity contribution in [3.8, 4) is 11.1 Å². The highest BCUT2D eigenvalue weighted by atomic mass is 16.3. The summed E-state index contributed by atoms with van der Waals surface area (Å²) in [6, 6.07) is 5.58. The number of anilines is 2. The van der Waals surface area contributed by atoms with Gasteiger partial charge >= 0.3 is 0 Å². The topological polar surface area (TPSA) is 120 Å². The van der Waals surface area contributed by atoms with Crippen molar-refractivity contribution in [2.75, 3.05) is 23.8 Å². The third-order valence-corrected chi connectivity index (χ3v) is 8.23. The average Bonchev–Trinajstić information content (AvgIpc) is 3.51. The van der Waals surface area contributed by atoms with Crippen molar-refractivity contribution in [3.05, 3.63) is 63.5 Å². The van der Waals surface area contributed by atoms with Gasteiger partial charge in [0.1, 0.15) is 17.2 Å². The lowest BCUT2D eigenvalue weighted by Gasteiger charge is -2.31. The number of hydrogen-bond donors (Lipinski definition) is 2. The van der Waals surface area contributed by atoms with Crippen LogP contribution < -0.4 is 15.8 Å². The number of carbonyl (C=O) groups is 1. The molecule has 1 amide bonds. The molecule has 0 saturated heterocycles. The van der Waals surface area contributed by atoms with Crippen LogP contribution in [0.3, 0.4) is 0 Å². The lowest BCUT2D eigenvalue weighted by Crippen LogP contribution is -2.41. The summed E-state index contributed by atoms with van der Waals surface area (Å²) in [4.78, 5) is 32.9. The second-order valence-electron chi connectivity index (χ2n) is 11.6. The van der Waals surface area contributed by atoms with Gasteiger partial charge in [0.05, 0.1) is 12.6 Å². The monoisotopic (exact) mass is 530 g/mol. The van der Waals surface area contributed by atoms with Crippen molar-refractivity contribution in [2.45, 2.75) is 59.0 Å². The molecule has 3 aromatic heterocycles. The van der Waals surface area contributed by atoms with E-state index in [2.05, 4.69) is 39.1 Å². The van der Waals surface area contributed by atoms with Crippen molar-refractivity contribution in [1.29, 1.82) is 0 Å². The maximum absolute atomic E-state index is 13.7. The summed E-state index contributed by atoms with van der Waals surface area (Å²) >= 11 is 0. The van der Waals surface area contributed by atoms with E-state index < -0.39 is 0 Å². The van der Waals surface area contributed by atoms with Crippen molar-refractivity contribution in [3.63, 3.8) is 0 Å². The molecule has 0 aromatic carbocycles. The maximum Gasteiger partial charge on any atom is 0.276 e. The molecule has 3 aliphatic rings. The molecule has 5 heterocycles. The number of aromatic nitrogens is 3. The van der Waals surface area contributed by atoms with Crippen LogP contribution in [0.5, 0.6) is 0 Å². The van der Waals surface area contributed by atoms with Crippen LogP contribution >= 0.6 is 0 Å². The molecule has 1 aliphatic carbocycles. The highest BCUT2D eigenvalue weighted by Gasteiger charge is 2.37. The molecule has 11 nitrogen and oxygen atoms in total. The molecule has 2 aliphatic heterocycles. The maximum atomic E-state index is 13.7. The first-order valence-electron chi connectivity index (χ1n) is 13.3. The van der Waals surface area contributed by atoms with Crippen LogP contribution in [0.15, 0.2) is 45.7 Å². The lowest BCUT2D eigenvalue weighted by atomic mass is 9.90. The minimum atomic E-state index is -0.363. The molecule has 0 bridgehead atoms. The predicted octanol–water partition coefficient (Wildman–Crippen LogP) is 2.97. The quantitative estimate of drug-likeness (QED) is 0.523. The van der Waals surface area contributed by atoms with Gasteiger partial charge in [-0.15, -0.1) is 5.11 Å². The van der Waals surface area contributed by atoms with Crippen LogP contribution in [0, 0.1) is 5.41 Å². The first-order chi connectivity index (χ1) is 18.6. The second kappa shape index (κ2) is 9.04. The van der Waals surface area contributed by atoms with Crippen LogP contribution in [-0.2, 0) is 33.0 Å². The van der Waals surface area contributed by atoms with E-state index in [-0.39, 0.29) is 35.7 Å². The Morgan fingerprint density at radius 1 is 1.15 bits per heavy atom. The van der Waals surface area contributed by atoms with E-state index in [4.69, 9.17) is 0 Å². The van der Waals surface area contributed by atoms with Crippen LogP contribution in [0.25, 0.3) is 11.1 Å². The summed E-state index contributed by atoms with van der Waals surface area (Å²) in [7, 11) is 3.52. The van der Waals surface area contributed by atoms with Gasteiger partial charge in [-0.2, -0.15) is 0 Å². The largest absolute Gasteiger partial charge is 0.392 e. The summed E-state index contributed by atoms with van der Waals surface area (Å²) in [5, 5.41) is 23.8. The Hall–Kier alpha value is -3.99. The Kier molecular flexibility index (Phi) is 5.87. The number of pyridine rings is 2. The lowest BCUT2D eigenvalue weighted by molar-refractivity contribution is 0.0962. The molecule has 0 radical (unpaired) electrons. The number of fused-ring (bicyclic) bond motifs is 3. The molecule has 0 spiro atoms. The zero-order valence-corrected chi connectivity index (χ0v) is 23.0. The number of aryl methyl sites for hydroxylation is 1. The van der Waals surface area contributed by atoms with Crippen molar-refractivity contribution in [1.82, 2.24) is 19.1 Å². The van der Waals surface area contributed by atoms with Gasteiger partial charge in [-0.3, -0.25) is 19.5 Å². The molecule has 204 valence electrons. The second-order valence-corrected chi connectivity index (χ2v) is 11.6. The molecular weight excluding hydrogens is 496 g/mol. The normalized spacial score (nSPS) is 21.4. The number of rotatable bonds is 5. The summed E-state index contributed by atoms with van der Waals surface area (Å²) in [5.74, 6) is 0.330. The highest BCUT2D eigenvalue weighted by molar-refractivity contribution is 6.06. The Balaban J connectivity index is 1.36. The fourth-order valence-corrected chi connectivity index (χ4v) is 6.04. The summed E-state index contributed by atoms with van der Waals surface area (Å²) in [6.45, 7) is 7.34. The van der Waals surface area contributed by atoms with E-state index in [0.29, 0.717) is 41.4 Å². The minimum absolute atomic E-state index is 0.0182. The van der Waals surface area contributed by atoms with Gasteiger partial charge < -0.3 is 19.6 Å². The molecule has 11 heteroatoms. The number of aliphatic hydroxyl groups excluding tert-OH is 1. The molecule has 0 fully saturated rings. The zero-order valence-electron chi connectivity index (χ0n) is 23.0. The van der Waals surface area contributed by atoms with Gasteiger partial charge in [-0.1, -0.05) is 19.1 Å². The van der Waals surface area contributed by atoms with E-state index in [1.165, 1.54) is 15.8 Å². The van der Waals surface area contributed by atoms with Crippen molar-refractivity contribution < 1.29 is 9.90 Å². The first-order valence-corrected chi connectivity index (χ1v) is 13.3. The van der Waals surface area contributed by atoms with Crippen LogP contribution in [0.1, 0.15) is 48.1 Å². The standard InChI is InChI=1S/C28H34N8O3/c1-16-24(31-32-34(16)5)30-21-10-18(14-33(4)26(21)38)19-6-7-29-25(20(19)15-37)36-9-8-35-22(27(36)39)11-17-12-28(2,3)13-23(17)35/h6-7,10-11,14,16,24,30,37H,8-9,12-13,15H2,1-5H3.